The Labute approximate surface area is 191 Å². The lowest BCUT2D eigenvalue weighted by Crippen LogP contribution is -2.45. The number of rotatable bonds is 4. The van der Waals surface area contributed by atoms with E-state index in [1.165, 1.54) is 12.8 Å². The average molecular weight is 445 g/mol. The standard InChI is InChI=1S/C25H28N6O2/c1-29-22-19(10-17(12-21(22)32)25(33)30-9-3-5-18(26)14-30)28-24(29)20-11-16-4-2-8-27-23(16)31(20)13-15-6-7-15/h2,4,8,10-12,15,18,32H,3,5-7,9,13-14,26H2,1H3/t18-/m1/s1. The molecule has 3 N–H and O–H groups in total. The number of phenolic OH excluding ortho intramolecular Hbond substituents is 1. The van der Waals surface area contributed by atoms with Crippen LogP contribution < -0.4 is 5.73 Å². The molecular formula is C25H28N6O2. The van der Waals surface area contributed by atoms with E-state index in [0.717, 1.165) is 41.9 Å². The highest BCUT2D eigenvalue weighted by molar-refractivity contribution is 6.00. The SMILES string of the molecule is Cn1c(-c2cc3cccnc3n2CC2CC2)nc2cc(C(=O)N3CCC[C@@H](N)C3)cc(O)c21. The van der Waals surface area contributed by atoms with E-state index in [1.54, 1.807) is 17.0 Å². The van der Waals surface area contributed by atoms with Crippen LogP contribution in [0.5, 0.6) is 5.75 Å². The van der Waals surface area contributed by atoms with Gasteiger partial charge in [-0.1, -0.05) is 0 Å². The van der Waals surface area contributed by atoms with E-state index in [-0.39, 0.29) is 17.7 Å². The minimum atomic E-state index is -0.110. The van der Waals surface area contributed by atoms with Crippen molar-refractivity contribution >= 4 is 28.0 Å². The minimum absolute atomic E-state index is 0.00322. The van der Waals surface area contributed by atoms with E-state index in [2.05, 4.69) is 21.7 Å². The number of aryl methyl sites for hydroxylation is 1. The predicted molar refractivity (Wildman–Crippen MR) is 127 cm³/mol. The van der Waals surface area contributed by atoms with Gasteiger partial charge in [0, 0.05) is 49.9 Å². The Morgan fingerprint density at radius 3 is 2.88 bits per heavy atom. The fourth-order valence-electron chi connectivity index (χ4n) is 5.07. The topological polar surface area (TPSA) is 102 Å². The van der Waals surface area contributed by atoms with Crippen LogP contribution in [0.25, 0.3) is 33.6 Å². The molecule has 1 aliphatic carbocycles. The molecule has 0 spiro atoms. The molecule has 1 atom stereocenters. The van der Waals surface area contributed by atoms with Crippen LogP contribution in [0.4, 0.5) is 0 Å². The summed E-state index contributed by atoms with van der Waals surface area (Å²) in [5.74, 6) is 1.37. The summed E-state index contributed by atoms with van der Waals surface area (Å²) in [6.45, 7) is 2.14. The number of nitrogens with zero attached hydrogens (tertiary/aromatic N) is 5. The monoisotopic (exact) mass is 444 g/mol. The van der Waals surface area contributed by atoms with E-state index in [9.17, 15) is 9.90 Å². The fraction of sp³-hybridized carbons (Fsp3) is 0.400. The predicted octanol–water partition coefficient (Wildman–Crippen LogP) is 3.27. The van der Waals surface area contributed by atoms with Crippen LogP contribution in [0, 0.1) is 5.92 Å². The molecule has 0 radical (unpaired) electrons. The number of carbonyl (C=O) groups is 1. The number of phenols is 1. The van der Waals surface area contributed by atoms with Crippen LogP contribution in [0.15, 0.2) is 36.5 Å². The van der Waals surface area contributed by atoms with Crippen LogP contribution in [-0.4, -0.2) is 54.1 Å². The number of likely N-dealkylation sites (tertiary alicyclic amines) is 1. The minimum Gasteiger partial charge on any atom is -0.506 e. The molecule has 170 valence electrons. The Morgan fingerprint density at radius 1 is 1.24 bits per heavy atom. The highest BCUT2D eigenvalue weighted by Gasteiger charge is 2.27. The van der Waals surface area contributed by atoms with Crippen molar-refractivity contribution in [3.8, 4) is 17.3 Å². The average Bonchev–Trinajstić information content (AvgIpc) is 3.47. The highest BCUT2D eigenvalue weighted by atomic mass is 16.3. The molecule has 6 rings (SSSR count). The van der Waals surface area contributed by atoms with E-state index in [4.69, 9.17) is 10.7 Å². The number of aromatic nitrogens is 4. The van der Waals surface area contributed by atoms with Crippen LogP contribution in [0.1, 0.15) is 36.0 Å². The molecule has 1 aromatic carbocycles. The first kappa shape index (κ1) is 20.2. The smallest absolute Gasteiger partial charge is 0.254 e. The van der Waals surface area contributed by atoms with Gasteiger partial charge in [0.2, 0.25) is 0 Å². The van der Waals surface area contributed by atoms with Crippen molar-refractivity contribution in [3.05, 3.63) is 42.1 Å². The first-order valence-electron chi connectivity index (χ1n) is 11.7. The van der Waals surface area contributed by atoms with Gasteiger partial charge in [0.25, 0.3) is 5.91 Å². The number of amides is 1. The lowest BCUT2D eigenvalue weighted by Gasteiger charge is -2.30. The summed E-state index contributed by atoms with van der Waals surface area (Å²) in [7, 11) is 1.90. The maximum Gasteiger partial charge on any atom is 0.254 e. The Kier molecular flexibility index (Phi) is 4.65. The molecule has 8 nitrogen and oxygen atoms in total. The first-order valence-corrected chi connectivity index (χ1v) is 11.7. The molecule has 1 saturated carbocycles. The van der Waals surface area contributed by atoms with E-state index < -0.39 is 0 Å². The van der Waals surface area contributed by atoms with Gasteiger partial charge in [-0.3, -0.25) is 4.79 Å². The number of hydrogen-bond donors (Lipinski definition) is 2. The lowest BCUT2D eigenvalue weighted by molar-refractivity contribution is 0.0708. The molecule has 2 aliphatic rings. The van der Waals surface area contributed by atoms with Crippen LogP contribution in [0.3, 0.4) is 0 Å². The Bertz CT molecular complexity index is 1380. The molecule has 4 aromatic rings. The summed E-state index contributed by atoms with van der Waals surface area (Å²) >= 11 is 0. The van der Waals surface area contributed by atoms with Crippen molar-refractivity contribution in [3.63, 3.8) is 0 Å². The number of imidazole rings is 1. The van der Waals surface area contributed by atoms with Gasteiger partial charge in [-0.2, -0.15) is 0 Å². The maximum atomic E-state index is 13.1. The zero-order valence-corrected chi connectivity index (χ0v) is 18.7. The summed E-state index contributed by atoms with van der Waals surface area (Å²) in [4.78, 5) is 24.4. The molecular weight excluding hydrogens is 416 g/mol. The third kappa shape index (κ3) is 3.45. The van der Waals surface area contributed by atoms with Crippen molar-refractivity contribution < 1.29 is 9.90 Å². The second-order valence-corrected chi connectivity index (χ2v) is 9.51. The van der Waals surface area contributed by atoms with Gasteiger partial charge in [-0.15, -0.1) is 0 Å². The fourth-order valence-corrected chi connectivity index (χ4v) is 5.07. The normalized spacial score (nSPS) is 19.0. The van der Waals surface area contributed by atoms with Crippen molar-refractivity contribution in [1.29, 1.82) is 0 Å². The van der Waals surface area contributed by atoms with Crippen LogP contribution >= 0.6 is 0 Å². The van der Waals surface area contributed by atoms with Gasteiger partial charge in [0.1, 0.15) is 16.9 Å². The number of nitrogens with two attached hydrogens (primary N) is 1. The van der Waals surface area contributed by atoms with Crippen LogP contribution in [-0.2, 0) is 13.6 Å². The summed E-state index contributed by atoms with van der Waals surface area (Å²) in [5, 5.41) is 12.0. The van der Waals surface area contributed by atoms with E-state index in [1.807, 2.05) is 23.9 Å². The quantitative estimate of drug-likeness (QED) is 0.503. The van der Waals surface area contributed by atoms with Crippen molar-refractivity contribution in [2.75, 3.05) is 13.1 Å². The molecule has 1 aliphatic heterocycles. The van der Waals surface area contributed by atoms with Crippen molar-refractivity contribution in [1.82, 2.24) is 24.0 Å². The Morgan fingerprint density at radius 2 is 2.09 bits per heavy atom. The Balaban J connectivity index is 1.45. The zero-order chi connectivity index (χ0) is 22.7. The van der Waals surface area contributed by atoms with Crippen molar-refractivity contribution in [2.24, 2.45) is 18.7 Å². The zero-order valence-electron chi connectivity index (χ0n) is 18.7. The third-order valence-corrected chi connectivity index (χ3v) is 6.96. The third-order valence-electron chi connectivity index (χ3n) is 6.96. The summed E-state index contributed by atoms with van der Waals surface area (Å²) < 4.78 is 4.15. The van der Waals surface area contributed by atoms with Crippen LogP contribution in [0.2, 0.25) is 0 Å². The second kappa shape index (κ2) is 7.59. The number of piperidine rings is 1. The molecule has 0 unspecified atom stereocenters. The molecule has 2 fully saturated rings. The first-order chi connectivity index (χ1) is 16.0. The highest BCUT2D eigenvalue weighted by Crippen LogP contribution is 2.37. The van der Waals surface area contributed by atoms with E-state index in [0.29, 0.717) is 35.6 Å². The summed E-state index contributed by atoms with van der Waals surface area (Å²) in [6, 6.07) is 9.46. The van der Waals surface area contributed by atoms with Gasteiger partial charge in [0.05, 0.1) is 11.2 Å². The summed E-state index contributed by atoms with van der Waals surface area (Å²) in [5.41, 5.74) is 9.66. The molecule has 4 heterocycles. The molecule has 0 bridgehead atoms. The summed E-state index contributed by atoms with van der Waals surface area (Å²) in [6.07, 6.45) is 6.12. The number of aromatic hydroxyl groups is 1. The number of hydrogen-bond acceptors (Lipinski definition) is 5. The van der Waals surface area contributed by atoms with Gasteiger partial charge in [-0.25, -0.2) is 9.97 Å². The Hall–Kier alpha value is -3.39. The molecule has 1 amide bonds. The molecule has 3 aromatic heterocycles. The maximum absolute atomic E-state index is 13.1. The van der Waals surface area contributed by atoms with E-state index >= 15 is 0 Å². The van der Waals surface area contributed by atoms with Gasteiger partial charge >= 0.3 is 0 Å². The lowest BCUT2D eigenvalue weighted by atomic mass is 10.0. The largest absolute Gasteiger partial charge is 0.506 e. The van der Waals surface area contributed by atoms with Gasteiger partial charge < -0.3 is 24.9 Å². The van der Waals surface area contributed by atoms with Crippen molar-refractivity contribution in [2.45, 2.75) is 38.3 Å². The molecule has 8 heteroatoms. The molecule has 1 saturated heterocycles. The number of fused-ring (bicyclic) bond motifs is 2. The number of pyridine rings is 1. The van der Waals surface area contributed by atoms with Gasteiger partial charge in [-0.05, 0) is 61.9 Å². The molecule has 33 heavy (non-hydrogen) atoms. The number of benzene rings is 1. The van der Waals surface area contributed by atoms with Gasteiger partial charge in [0.15, 0.2) is 5.82 Å². The second-order valence-electron chi connectivity index (χ2n) is 9.51. The number of carbonyl (C=O) groups excluding carboxylic acids is 1.